The van der Waals surface area contributed by atoms with Gasteiger partial charge in [-0.2, -0.15) is 0 Å². The van der Waals surface area contributed by atoms with E-state index in [1.54, 1.807) is 0 Å². The highest BCUT2D eigenvalue weighted by Crippen LogP contribution is 2.49. The lowest BCUT2D eigenvalue weighted by molar-refractivity contribution is -0.110. The Hall–Kier alpha value is -1.66. The maximum absolute atomic E-state index is 10.9. The molecule has 3 rings (SSSR count). The molecule has 19 heavy (non-hydrogen) atoms. The molecule has 2 aromatic rings. The zero-order valence-corrected chi connectivity index (χ0v) is 11.6. The van der Waals surface area contributed by atoms with Crippen molar-refractivity contribution in [3.63, 3.8) is 0 Å². The van der Waals surface area contributed by atoms with Crippen LogP contribution in [-0.2, 0) is 4.79 Å². The van der Waals surface area contributed by atoms with E-state index in [0.29, 0.717) is 0 Å². The van der Waals surface area contributed by atoms with Crippen molar-refractivity contribution in [1.29, 1.82) is 0 Å². The number of rotatable bonds is 3. The number of carbonyl (C=O) groups is 1. The van der Waals surface area contributed by atoms with Crippen molar-refractivity contribution < 1.29 is 9.32 Å². The lowest BCUT2D eigenvalue weighted by Gasteiger charge is -2.28. The standard InChI is InChI=1S/C16H15O2P/c1-12(10-17)11-19-16-9-5-3-7-14(16)13-6-2-4-8-15(13)18-19/h2-10,12H,11H2,1H3. The number of carbonyl (C=O) groups excluding carboxylic acids is 1. The Morgan fingerprint density at radius 3 is 2.58 bits per heavy atom. The minimum Gasteiger partial charge on any atom is -0.469 e. The molecule has 0 amide bonds. The molecule has 0 N–H and O–H groups in total. The van der Waals surface area contributed by atoms with Crippen LogP contribution in [0.5, 0.6) is 5.75 Å². The third-order valence-electron chi connectivity index (χ3n) is 3.24. The van der Waals surface area contributed by atoms with Crippen molar-refractivity contribution >= 4 is 19.7 Å². The van der Waals surface area contributed by atoms with E-state index in [-0.39, 0.29) is 5.92 Å². The zero-order valence-electron chi connectivity index (χ0n) is 10.7. The van der Waals surface area contributed by atoms with E-state index in [1.165, 1.54) is 10.9 Å². The highest BCUT2D eigenvalue weighted by atomic mass is 31.1. The van der Waals surface area contributed by atoms with E-state index in [9.17, 15) is 4.79 Å². The number of benzene rings is 2. The maximum Gasteiger partial charge on any atom is 0.131 e. The molecule has 0 radical (unpaired) electrons. The average molecular weight is 270 g/mol. The smallest absolute Gasteiger partial charge is 0.131 e. The summed E-state index contributed by atoms with van der Waals surface area (Å²) in [5.41, 5.74) is 2.39. The van der Waals surface area contributed by atoms with Gasteiger partial charge in [0.25, 0.3) is 0 Å². The fraction of sp³-hybridized carbons (Fsp3) is 0.188. The fourth-order valence-corrected chi connectivity index (χ4v) is 4.39. The fourth-order valence-electron chi connectivity index (χ4n) is 2.30. The SMILES string of the molecule is CC(C=O)CP1Oc2ccccc2-c2ccccc21. The van der Waals surface area contributed by atoms with Crippen LogP contribution >= 0.6 is 8.15 Å². The van der Waals surface area contributed by atoms with Crippen molar-refractivity contribution in [2.75, 3.05) is 6.16 Å². The summed E-state index contributed by atoms with van der Waals surface area (Å²) in [4.78, 5) is 10.9. The molecule has 1 aliphatic rings. The van der Waals surface area contributed by atoms with E-state index in [1.807, 2.05) is 31.2 Å². The molecule has 3 heteroatoms. The van der Waals surface area contributed by atoms with E-state index in [0.717, 1.165) is 23.8 Å². The zero-order chi connectivity index (χ0) is 13.2. The summed E-state index contributed by atoms with van der Waals surface area (Å²) in [5, 5.41) is 1.24. The van der Waals surface area contributed by atoms with Gasteiger partial charge in [-0.05, 0) is 11.6 Å². The van der Waals surface area contributed by atoms with Gasteiger partial charge in [0.1, 0.15) is 20.2 Å². The summed E-state index contributed by atoms with van der Waals surface area (Å²) < 4.78 is 6.14. The maximum atomic E-state index is 10.9. The molecule has 96 valence electrons. The summed E-state index contributed by atoms with van der Waals surface area (Å²) in [6, 6.07) is 16.5. The van der Waals surface area contributed by atoms with E-state index in [2.05, 4.69) is 24.3 Å². The Morgan fingerprint density at radius 2 is 1.79 bits per heavy atom. The van der Waals surface area contributed by atoms with Gasteiger partial charge in [0.2, 0.25) is 0 Å². The number of hydrogen-bond donors (Lipinski definition) is 0. The predicted octanol–water partition coefficient (Wildman–Crippen LogP) is 3.60. The quantitative estimate of drug-likeness (QED) is 0.629. The van der Waals surface area contributed by atoms with Crippen LogP contribution in [0.25, 0.3) is 11.1 Å². The van der Waals surface area contributed by atoms with Crippen molar-refractivity contribution in [3.05, 3.63) is 48.5 Å². The molecular formula is C16H15O2P. The van der Waals surface area contributed by atoms with Gasteiger partial charge in [-0.3, -0.25) is 0 Å². The molecule has 1 aliphatic heterocycles. The van der Waals surface area contributed by atoms with Crippen molar-refractivity contribution in [3.8, 4) is 16.9 Å². The van der Waals surface area contributed by atoms with Crippen molar-refractivity contribution in [2.45, 2.75) is 6.92 Å². The molecule has 0 aromatic heterocycles. The predicted molar refractivity (Wildman–Crippen MR) is 79.2 cm³/mol. The molecular weight excluding hydrogens is 255 g/mol. The monoisotopic (exact) mass is 270 g/mol. The number of para-hydroxylation sites is 1. The van der Waals surface area contributed by atoms with Gasteiger partial charge in [-0.25, -0.2) is 0 Å². The number of fused-ring (bicyclic) bond motifs is 3. The topological polar surface area (TPSA) is 26.3 Å². The minimum absolute atomic E-state index is 0.0319. The Labute approximate surface area is 114 Å². The summed E-state index contributed by atoms with van der Waals surface area (Å²) in [6.07, 6.45) is 1.79. The first-order valence-electron chi connectivity index (χ1n) is 6.39. The molecule has 2 nitrogen and oxygen atoms in total. The first-order valence-corrected chi connectivity index (χ1v) is 7.83. The summed E-state index contributed by atoms with van der Waals surface area (Å²) in [5.74, 6) is 0.967. The van der Waals surface area contributed by atoms with Gasteiger partial charge in [0.05, 0.1) is 0 Å². The third-order valence-corrected chi connectivity index (χ3v) is 5.50. The van der Waals surface area contributed by atoms with Crippen LogP contribution in [0.4, 0.5) is 0 Å². The molecule has 0 bridgehead atoms. The van der Waals surface area contributed by atoms with Crippen LogP contribution in [0.3, 0.4) is 0 Å². The van der Waals surface area contributed by atoms with Gasteiger partial charge in [0.15, 0.2) is 0 Å². The first kappa shape index (κ1) is 12.4. The lowest BCUT2D eigenvalue weighted by atomic mass is 10.0. The summed E-state index contributed by atoms with van der Waals surface area (Å²) in [7, 11) is -0.751. The molecule has 2 aromatic carbocycles. The van der Waals surface area contributed by atoms with Gasteiger partial charge >= 0.3 is 0 Å². The second-order valence-electron chi connectivity index (χ2n) is 4.78. The van der Waals surface area contributed by atoms with Gasteiger partial charge in [-0.15, -0.1) is 0 Å². The second-order valence-corrected chi connectivity index (χ2v) is 6.57. The molecule has 2 atom stereocenters. The van der Waals surface area contributed by atoms with Crippen molar-refractivity contribution in [1.82, 2.24) is 0 Å². The molecule has 0 spiro atoms. The first-order chi connectivity index (χ1) is 9.29. The van der Waals surface area contributed by atoms with Crippen LogP contribution in [0.1, 0.15) is 6.92 Å². The van der Waals surface area contributed by atoms with E-state index >= 15 is 0 Å². The van der Waals surface area contributed by atoms with Gasteiger partial charge < -0.3 is 9.32 Å². The summed E-state index contributed by atoms with van der Waals surface area (Å²) in [6.45, 7) is 1.95. The van der Waals surface area contributed by atoms with Gasteiger partial charge in [-0.1, -0.05) is 49.4 Å². The second kappa shape index (κ2) is 5.14. The Kier molecular flexibility index (Phi) is 3.35. The molecule has 0 saturated heterocycles. The van der Waals surface area contributed by atoms with Crippen LogP contribution in [0, 0.1) is 5.92 Å². The van der Waals surface area contributed by atoms with Gasteiger partial charge in [0, 0.05) is 22.9 Å². The highest BCUT2D eigenvalue weighted by Gasteiger charge is 2.27. The van der Waals surface area contributed by atoms with Crippen LogP contribution in [0.15, 0.2) is 48.5 Å². The Bertz CT molecular complexity index is 609. The lowest BCUT2D eigenvalue weighted by Crippen LogP contribution is -2.18. The van der Waals surface area contributed by atoms with Crippen molar-refractivity contribution in [2.24, 2.45) is 5.92 Å². The van der Waals surface area contributed by atoms with Crippen LogP contribution < -0.4 is 9.83 Å². The molecule has 0 aliphatic carbocycles. The highest BCUT2D eigenvalue weighted by molar-refractivity contribution is 7.61. The molecule has 0 saturated carbocycles. The van der Waals surface area contributed by atoms with E-state index in [4.69, 9.17) is 4.52 Å². The molecule has 2 unspecified atom stereocenters. The largest absolute Gasteiger partial charge is 0.469 e. The average Bonchev–Trinajstić information content (AvgIpc) is 2.47. The summed E-state index contributed by atoms with van der Waals surface area (Å²) >= 11 is 0. The minimum atomic E-state index is -0.751. The normalized spacial score (nSPS) is 17.8. The Balaban J connectivity index is 2.06. The Morgan fingerprint density at radius 1 is 1.11 bits per heavy atom. The number of aldehydes is 1. The molecule has 0 fully saturated rings. The number of hydrogen-bond acceptors (Lipinski definition) is 2. The van der Waals surface area contributed by atoms with Crippen LogP contribution in [0.2, 0.25) is 0 Å². The van der Waals surface area contributed by atoms with Crippen LogP contribution in [-0.4, -0.2) is 12.4 Å². The molecule has 1 heterocycles. The van der Waals surface area contributed by atoms with E-state index < -0.39 is 8.15 Å². The third kappa shape index (κ3) is 2.29.